The molecule has 1 aromatic carbocycles. The molecule has 0 saturated carbocycles. The largest absolute Gasteiger partial charge is 0.392 e. The zero-order chi connectivity index (χ0) is 13.5. The van der Waals surface area contributed by atoms with E-state index in [1.807, 2.05) is 0 Å². The maximum Gasteiger partial charge on any atom is 0.0948 e. The molecule has 0 saturated heterocycles. The van der Waals surface area contributed by atoms with Gasteiger partial charge in [0.25, 0.3) is 0 Å². The molecule has 0 fully saturated rings. The second kappa shape index (κ2) is 7.49. The second-order valence-electron chi connectivity index (χ2n) is 4.70. The van der Waals surface area contributed by atoms with Gasteiger partial charge in [0.15, 0.2) is 0 Å². The van der Waals surface area contributed by atoms with Crippen LogP contribution in [0.5, 0.6) is 0 Å². The summed E-state index contributed by atoms with van der Waals surface area (Å²) in [5, 5.41) is 0. The summed E-state index contributed by atoms with van der Waals surface area (Å²) in [5.74, 6) is 0. The van der Waals surface area contributed by atoms with Crippen LogP contribution in [0.2, 0.25) is 0 Å². The molecule has 2 N–H and O–H groups in total. The van der Waals surface area contributed by atoms with Gasteiger partial charge in [0.1, 0.15) is 0 Å². The van der Waals surface area contributed by atoms with Crippen LogP contribution in [-0.2, 0) is 0 Å². The van der Waals surface area contributed by atoms with Gasteiger partial charge in [0.05, 0.1) is 11.0 Å². The van der Waals surface area contributed by atoms with Gasteiger partial charge in [-0.3, -0.25) is 4.90 Å². The smallest absolute Gasteiger partial charge is 0.0948 e. The number of thiocarbonyl (C=S) groups is 1. The van der Waals surface area contributed by atoms with Gasteiger partial charge in [-0.15, -0.1) is 0 Å². The van der Waals surface area contributed by atoms with E-state index in [4.69, 9.17) is 18.0 Å². The number of nitrogens with zero attached hydrogens (tertiary/aromatic N) is 1. The maximum absolute atomic E-state index is 5.99. The molecule has 3 heteroatoms. The lowest BCUT2D eigenvalue weighted by molar-refractivity contribution is 0.244. The Kier molecular flexibility index (Phi) is 6.30. The van der Waals surface area contributed by atoms with Crippen LogP contribution in [0.25, 0.3) is 0 Å². The zero-order valence-corrected chi connectivity index (χ0v) is 12.5. The van der Waals surface area contributed by atoms with E-state index in [1.54, 1.807) is 0 Å². The van der Waals surface area contributed by atoms with Crippen molar-refractivity contribution < 1.29 is 0 Å². The molecule has 2 nitrogen and oxygen atoms in total. The third-order valence-corrected chi connectivity index (χ3v) is 3.36. The Hall–Kier alpha value is -0.930. The fourth-order valence-corrected chi connectivity index (χ4v) is 2.64. The third-order valence-electron chi connectivity index (χ3n) is 3.14. The van der Waals surface area contributed by atoms with Crippen molar-refractivity contribution in [2.45, 2.75) is 39.7 Å². The number of hydrogen-bond donors (Lipinski definition) is 1. The first-order valence-corrected chi connectivity index (χ1v) is 7.11. The molecule has 100 valence electrons. The van der Waals surface area contributed by atoms with Gasteiger partial charge in [-0.2, -0.15) is 0 Å². The van der Waals surface area contributed by atoms with E-state index in [9.17, 15) is 0 Å². The van der Waals surface area contributed by atoms with E-state index in [-0.39, 0.29) is 6.04 Å². The predicted molar refractivity (Wildman–Crippen MR) is 82.9 cm³/mol. The number of nitrogens with two attached hydrogens (primary N) is 1. The molecule has 0 aliphatic heterocycles. The van der Waals surface area contributed by atoms with Crippen molar-refractivity contribution in [1.29, 1.82) is 0 Å². The minimum atomic E-state index is 0.0705. The number of hydrogen-bond acceptors (Lipinski definition) is 2. The van der Waals surface area contributed by atoms with Crippen LogP contribution in [0.1, 0.15) is 43.9 Å². The predicted octanol–water partition coefficient (Wildman–Crippen LogP) is 3.44. The molecule has 0 radical (unpaired) electrons. The average Bonchev–Trinajstić information content (AvgIpc) is 2.32. The molecular formula is C15H24N2S. The molecule has 1 aromatic rings. The highest BCUT2D eigenvalue weighted by molar-refractivity contribution is 7.80. The van der Waals surface area contributed by atoms with Crippen LogP contribution in [-0.4, -0.2) is 23.0 Å². The van der Waals surface area contributed by atoms with Crippen molar-refractivity contribution in [3.05, 3.63) is 35.4 Å². The Labute approximate surface area is 116 Å². The molecule has 0 amide bonds. The molecular weight excluding hydrogens is 240 g/mol. The molecule has 18 heavy (non-hydrogen) atoms. The van der Waals surface area contributed by atoms with E-state index in [1.165, 1.54) is 11.1 Å². The first kappa shape index (κ1) is 15.1. The first-order chi connectivity index (χ1) is 8.61. The molecule has 0 spiro atoms. The Morgan fingerprint density at radius 1 is 1.22 bits per heavy atom. The SMILES string of the molecule is CCCN(CCC)C(C(N)=S)c1ccccc1C. The van der Waals surface area contributed by atoms with Crippen LogP contribution in [0.4, 0.5) is 0 Å². The fraction of sp³-hybridized carbons (Fsp3) is 0.533. The molecule has 1 atom stereocenters. The van der Waals surface area contributed by atoms with E-state index in [0.29, 0.717) is 4.99 Å². The molecule has 0 aliphatic carbocycles. The molecule has 1 unspecified atom stereocenters. The summed E-state index contributed by atoms with van der Waals surface area (Å²) in [7, 11) is 0. The topological polar surface area (TPSA) is 29.3 Å². The Balaban J connectivity index is 3.07. The minimum absolute atomic E-state index is 0.0705. The molecule has 0 aliphatic rings. The van der Waals surface area contributed by atoms with Crippen molar-refractivity contribution in [2.75, 3.05) is 13.1 Å². The molecule has 1 rings (SSSR count). The van der Waals surface area contributed by atoms with Crippen molar-refractivity contribution in [2.24, 2.45) is 5.73 Å². The normalized spacial score (nSPS) is 12.7. The summed E-state index contributed by atoms with van der Waals surface area (Å²) in [4.78, 5) is 2.97. The summed E-state index contributed by atoms with van der Waals surface area (Å²) in [5.41, 5.74) is 8.49. The fourth-order valence-electron chi connectivity index (χ4n) is 2.37. The van der Waals surface area contributed by atoms with Gasteiger partial charge >= 0.3 is 0 Å². The Morgan fingerprint density at radius 2 is 1.78 bits per heavy atom. The van der Waals surface area contributed by atoms with Gasteiger partial charge in [-0.25, -0.2) is 0 Å². The first-order valence-electron chi connectivity index (χ1n) is 6.70. The van der Waals surface area contributed by atoms with Crippen LogP contribution >= 0.6 is 12.2 Å². The van der Waals surface area contributed by atoms with Crippen LogP contribution < -0.4 is 5.73 Å². The van der Waals surface area contributed by atoms with E-state index in [2.05, 4.69) is 49.9 Å². The highest BCUT2D eigenvalue weighted by Crippen LogP contribution is 2.24. The lowest BCUT2D eigenvalue weighted by Crippen LogP contribution is -2.38. The highest BCUT2D eigenvalue weighted by Gasteiger charge is 2.22. The van der Waals surface area contributed by atoms with Crippen molar-refractivity contribution in [3.63, 3.8) is 0 Å². The van der Waals surface area contributed by atoms with Gasteiger partial charge in [0, 0.05) is 0 Å². The number of rotatable bonds is 7. The summed E-state index contributed by atoms with van der Waals surface area (Å²) in [6, 6.07) is 8.44. The summed E-state index contributed by atoms with van der Waals surface area (Å²) < 4.78 is 0. The molecule has 0 heterocycles. The van der Waals surface area contributed by atoms with E-state index in [0.717, 1.165) is 25.9 Å². The summed E-state index contributed by atoms with van der Waals surface area (Å²) in [6.45, 7) is 8.57. The monoisotopic (exact) mass is 264 g/mol. The Morgan fingerprint density at radius 3 is 2.22 bits per heavy atom. The van der Waals surface area contributed by atoms with E-state index < -0.39 is 0 Å². The number of benzene rings is 1. The number of aryl methyl sites for hydroxylation is 1. The summed E-state index contributed by atoms with van der Waals surface area (Å²) in [6.07, 6.45) is 2.23. The van der Waals surface area contributed by atoms with Gasteiger partial charge in [-0.1, -0.05) is 50.3 Å². The standard InChI is InChI=1S/C15H24N2S/c1-4-10-17(11-5-2)14(15(16)18)13-9-7-6-8-12(13)3/h6-9,14H,4-5,10-11H2,1-3H3,(H2,16,18). The quantitative estimate of drug-likeness (QED) is 0.765. The van der Waals surface area contributed by atoms with Gasteiger partial charge in [-0.05, 0) is 44.0 Å². The van der Waals surface area contributed by atoms with Gasteiger partial charge in [0.2, 0.25) is 0 Å². The van der Waals surface area contributed by atoms with Crippen molar-refractivity contribution >= 4 is 17.2 Å². The van der Waals surface area contributed by atoms with Gasteiger partial charge < -0.3 is 5.73 Å². The lowest BCUT2D eigenvalue weighted by atomic mass is 9.99. The second-order valence-corrected chi connectivity index (χ2v) is 5.17. The zero-order valence-electron chi connectivity index (χ0n) is 11.6. The third kappa shape index (κ3) is 3.79. The maximum atomic E-state index is 5.99. The minimum Gasteiger partial charge on any atom is -0.392 e. The van der Waals surface area contributed by atoms with Crippen molar-refractivity contribution in [1.82, 2.24) is 4.90 Å². The van der Waals surface area contributed by atoms with Crippen LogP contribution in [0.15, 0.2) is 24.3 Å². The Bertz CT molecular complexity index is 384. The molecule has 0 bridgehead atoms. The van der Waals surface area contributed by atoms with Crippen LogP contribution in [0, 0.1) is 6.92 Å². The highest BCUT2D eigenvalue weighted by atomic mass is 32.1. The van der Waals surface area contributed by atoms with Crippen LogP contribution in [0.3, 0.4) is 0 Å². The van der Waals surface area contributed by atoms with Crippen molar-refractivity contribution in [3.8, 4) is 0 Å². The average molecular weight is 264 g/mol. The molecule has 0 aromatic heterocycles. The summed E-state index contributed by atoms with van der Waals surface area (Å²) >= 11 is 5.30. The lowest BCUT2D eigenvalue weighted by Gasteiger charge is -2.31. The van der Waals surface area contributed by atoms with E-state index >= 15 is 0 Å².